The molecule has 0 aliphatic rings. The van der Waals surface area contributed by atoms with E-state index in [0.717, 1.165) is 12.8 Å². The molecule has 72 valence electrons. The first-order chi connectivity index (χ1) is 6.22. The summed E-state index contributed by atoms with van der Waals surface area (Å²) in [5.74, 6) is 0. The second kappa shape index (κ2) is 5.20. The van der Waals surface area contributed by atoms with Crippen LogP contribution < -0.4 is 5.32 Å². The number of rotatable bonds is 5. The minimum absolute atomic E-state index is 0.534. The van der Waals surface area contributed by atoms with Crippen molar-refractivity contribution in [2.45, 2.75) is 25.8 Å². The smallest absolute Gasteiger partial charge is 0.0142 e. The Labute approximate surface area is 84.5 Å². The molecule has 0 radical (unpaired) electrons. The molecule has 1 N–H and O–H groups in total. The van der Waals surface area contributed by atoms with E-state index >= 15 is 0 Å². The highest BCUT2D eigenvalue weighted by molar-refractivity contribution is 7.07. The lowest BCUT2D eigenvalue weighted by Gasteiger charge is -2.14. The molecule has 0 aromatic carbocycles. The fourth-order valence-corrected chi connectivity index (χ4v) is 2.07. The number of hydrogen-bond acceptors (Lipinski definition) is 2. The van der Waals surface area contributed by atoms with Gasteiger partial charge in [0.2, 0.25) is 0 Å². The molecule has 0 aliphatic carbocycles. The van der Waals surface area contributed by atoms with Crippen molar-refractivity contribution in [3.63, 3.8) is 0 Å². The first kappa shape index (κ1) is 10.5. The molecule has 1 atom stereocenters. The van der Waals surface area contributed by atoms with Gasteiger partial charge in [0.1, 0.15) is 0 Å². The van der Waals surface area contributed by atoms with Crippen LogP contribution in [0.15, 0.2) is 29.0 Å². The van der Waals surface area contributed by atoms with E-state index in [9.17, 15) is 0 Å². The number of likely N-dealkylation sites (N-methyl/N-ethyl adjacent to an activating group) is 1. The third-order valence-electron chi connectivity index (χ3n) is 2.07. The Morgan fingerprint density at radius 3 is 2.92 bits per heavy atom. The molecule has 1 nitrogen and oxygen atoms in total. The molecule has 0 amide bonds. The van der Waals surface area contributed by atoms with Crippen LogP contribution in [0.25, 0.3) is 0 Å². The Morgan fingerprint density at radius 2 is 2.46 bits per heavy atom. The van der Waals surface area contributed by atoms with Crippen molar-refractivity contribution in [1.82, 2.24) is 5.32 Å². The van der Waals surface area contributed by atoms with Gasteiger partial charge in [0.05, 0.1) is 0 Å². The molecule has 0 fully saturated rings. The van der Waals surface area contributed by atoms with Crippen molar-refractivity contribution >= 4 is 11.3 Å². The van der Waals surface area contributed by atoms with Gasteiger partial charge < -0.3 is 5.32 Å². The highest BCUT2D eigenvalue weighted by Crippen LogP contribution is 2.12. The van der Waals surface area contributed by atoms with E-state index in [1.165, 1.54) is 11.1 Å². The molecule has 1 heterocycles. The maximum atomic E-state index is 3.93. The summed E-state index contributed by atoms with van der Waals surface area (Å²) in [5.41, 5.74) is 2.67. The molecule has 0 bridgehead atoms. The van der Waals surface area contributed by atoms with Crippen LogP contribution in [-0.4, -0.2) is 13.1 Å². The second-order valence-corrected chi connectivity index (χ2v) is 4.26. The summed E-state index contributed by atoms with van der Waals surface area (Å²) in [6.07, 6.45) is 2.17. The second-order valence-electron chi connectivity index (χ2n) is 3.48. The van der Waals surface area contributed by atoms with Crippen LogP contribution in [-0.2, 0) is 6.42 Å². The SMILES string of the molecule is C=C(C)CC(Cc1ccsc1)NC. The van der Waals surface area contributed by atoms with Gasteiger partial charge in [-0.1, -0.05) is 5.57 Å². The van der Waals surface area contributed by atoms with E-state index in [0.29, 0.717) is 6.04 Å². The zero-order valence-electron chi connectivity index (χ0n) is 8.34. The van der Waals surface area contributed by atoms with E-state index in [4.69, 9.17) is 0 Å². The molecule has 0 saturated heterocycles. The monoisotopic (exact) mass is 195 g/mol. The van der Waals surface area contributed by atoms with Crippen LogP contribution in [0, 0.1) is 0 Å². The highest BCUT2D eigenvalue weighted by Gasteiger charge is 2.06. The predicted octanol–water partition coefficient (Wildman–Crippen LogP) is 2.84. The van der Waals surface area contributed by atoms with Crippen molar-refractivity contribution < 1.29 is 0 Å². The Bertz CT molecular complexity index is 251. The van der Waals surface area contributed by atoms with E-state index in [1.807, 2.05) is 7.05 Å². The van der Waals surface area contributed by atoms with Crippen LogP contribution in [0.4, 0.5) is 0 Å². The van der Waals surface area contributed by atoms with Gasteiger partial charge in [-0.3, -0.25) is 0 Å². The normalized spacial score (nSPS) is 12.8. The molecule has 1 unspecified atom stereocenters. The minimum atomic E-state index is 0.534. The van der Waals surface area contributed by atoms with Gasteiger partial charge in [-0.2, -0.15) is 11.3 Å². The molecule has 2 heteroatoms. The molecular formula is C11H17NS. The zero-order chi connectivity index (χ0) is 9.68. The number of thiophene rings is 1. The summed E-state index contributed by atoms with van der Waals surface area (Å²) in [6, 6.07) is 2.72. The molecule has 1 aromatic rings. The Balaban J connectivity index is 2.45. The largest absolute Gasteiger partial charge is 0.316 e. The van der Waals surface area contributed by atoms with Gasteiger partial charge in [-0.15, -0.1) is 6.58 Å². The summed E-state index contributed by atoms with van der Waals surface area (Å²) in [5, 5.41) is 7.65. The first-order valence-electron chi connectivity index (χ1n) is 4.55. The summed E-state index contributed by atoms with van der Waals surface area (Å²) >= 11 is 1.76. The fourth-order valence-electron chi connectivity index (χ4n) is 1.39. The van der Waals surface area contributed by atoms with Gasteiger partial charge in [-0.05, 0) is 49.2 Å². The molecular weight excluding hydrogens is 178 g/mol. The Hall–Kier alpha value is -0.600. The average Bonchev–Trinajstić information content (AvgIpc) is 2.55. The first-order valence-corrected chi connectivity index (χ1v) is 5.49. The van der Waals surface area contributed by atoms with Gasteiger partial charge in [0.15, 0.2) is 0 Å². The zero-order valence-corrected chi connectivity index (χ0v) is 9.16. The predicted molar refractivity (Wildman–Crippen MR) is 60.3 cm³/mol. The summed E-state index contributed by atoms with van der Waals surface area (Å²) in [6.45, 7) is 6.02. The molecule has 1 rings (SSSR count). The van der Waals surface area contributed by atoms with E-state index in [2.05, 4.69) is 35.6 Å². The van der Waals surface area contributed by atoms with Crippen molar-refractivity contribution in [3.8, 4) is 0 Å². The standard InChI is InChI=1S/C11H17NS/c1-9(2)6-11(12-3)7-10-4-5-13-8-10/h4-5,8,11-12H,1,6-7H2,2-3H3. The average molecular weight is 195 g/mol. The van der Waals surface area contributed by atoms with Crippen molar-refractivity contribution in [2.24, 2.45) is 0 Å². The lowest BCUT2D eigenvalue weighted by Crippen LogP contribution is -2.27. The quantitative estimate of drug-likeness (QED) is 0.712. The third-order valence-corrected chi connectivity index (χ3v) is 2.80. The number of hydrogen-bond donors (Lipinski definition) is 1. The Morgan fingerprint density at radius 1 is 1.69 bits per heavy atom. The van der Waals surface area contributed by atoms with Gasteiger partial charge in [-0.25, -0.2) is 0 Å². The van der Waals surface area contributed by atoms with Crippen LogP contribution in [0.3, 0.4) is 0 Å². The van der Waals surface area contributed by atoms with Gasteiger partial charge in [0.25, 0.3) is 0 Å². The molecule has 0 spiro atoms. The minimum Gasteiger partial charge on any atom is -0.316 e. The van der Waals surface area contributed by atoms with E-state index < -0.39 is 0 Å². The lowest BCUT2D eigenvalue weighted by atomic mass is 10.0. The van der Waals surface area contributed by atoms with Crippen molar-refractivity contribution in [2.75, 3.05) is 7.05 Å². The number of nitrogens with one attached hydrogen (secondary N) is 1. The molecule has 13 heavy (non-hydrogen) atoms. The lowest BCUT2D eigenvalue weighted by molar-refractivity contribution is 0.555. The van der Waals surface area contributed by atoms with Crippen LogP contribution in [0.2, 0.25) is 0 Å². The van der Waals surface area contributed by atoms with Gasteiger partial charge >= 0.3 is 0 Å². The maximum Gasteiger partial charge on any atom is 0.0142 e. The third kappa shape index (κ3) is 3.75. The van der Waals surface area contributed by atoms with E-state index in [1.54, 1.807) is 11.3 Å². The van der Waals surface area contributed by atoms with Crippen molar-refractivity contribution in [3.05, 3.63) is 34.5 Å². The fraction of sp³-hybridized carbons (Fsp3) is 0.455. The topological polar surface area (TPSA) is 12.0 Å². The summed E-state index contributed by atoms with van der Waals surface area (Å²) in [4.78, 5) is 0. The van der Waals surface area contributed by atoms with Crippen LogP contribution >= 0.6 is 11.3 Å². The molecule has 0 aliphatic heterocycles. The Kier molecular flexibility index (Phi) is 4.19. The van der Waals surface area contributed by atoms with Crippen LogP contribution in [0.5, 0.6) is 0 Å². The highest BCUT2D eigenvalue weighted by atomic mass is 32.1. The van der Waals surface area contributed by atoms with Gasteiger partial charge in [0, 0.05) is 6.04 Å². The van der Waals surface area contributed by atoms with Crippen LogP contribution in [0.1, 0.15) is 18.9 Å². The molecule has 1 aromatic heterocycles. The maximum absolute atomic E-state index is 3.93. The van der Waals surface area contributed by atoms with E-state index in [-0.39, 0.29) is 0 Å². The summed E-state index contributed by atoms with van der Waals surface area (Å²) in [7, 11) is 2.01. The molecule has 0 saturated carbocycles. The van der Waals surface area contributed by atoms with Crippen molar-refractivity contribution in [1.29, 1.82) is 0 Å². The summed E-state index contributed by atoms with van der Waals surface area (Å²) < 4.78 is 0.